The molecule has 0 aliphatic heterocycles. The first-order valence-electron chi connectivity index (χ1n) is 5.90. The topological polar surface area (TPSA) is 70.7 Å². The zero-order chi connectivity index (χ0) is 13.2. The van der Waals surface area contributed by atoms with E-state index in [1.807, 2.05) is 25.1 Å². The number of hydrogen-bond donors (Lipinski definition) is 2. The minimum Gasteiger partial charge on any atom is -0.345 e. The molecule has 0 aliphatic carbocycles. The maximum atomic E-state index is 12.2. The number of aryl methyl sites for hydroxylation is 1. The molecule has 5 heteroatoms. The molecule has 0 aliphatic rings. The summed E-state index contributed by atoms with van der Waals surface area (Å²) in [6.45, 7) is 1.95. The summed E-state index contributed by atoms with van der Waals surface area (Å²) in [4.78, 5) is 23.4. The molecule has 3 heterocycles. The molecule has 3 rings (SSSR count). The van der Waals surface area contributed by atoms with Crippen LogP contribution in [0.25, 0.3) is 11.0 Å². The molecule has 0 saturated carbocycles. The minimum atomic E-state index is -0.197. The second-order valence-electron chi connectivity index (χ2n) is 4.27. The molecular weight excluding hydrogens is 240 g/mol. The van der Waals surface area contributed by atoms with Crippen molar-refractivity contribution in [2.24, 2.45) is 0 Å². The first-order valence-corrected chi connectivity index (χ1v) is 5.90. The van der Waals surface area contributed by atoms with E-state index in [-0.39, 0.29) is 5.91 Å². The van der Waals surface area contributed by atoms with Crippen molar-refractivity contribution in [1.29, 1.82) is 0 Å². The number of amides is 1. The van der Waals surface area contributed by atoms with E-state index in [2.05, 4.69) is 20.3 Å². The summed E-state index contributed by atoms with van der Waals surface area (Å²) in [5, 5.41) is 3.58. The average Bonchev–Trinajstić information content (AvgIpc) is 2.82. The molecule has 3 aromatic rings. The second kappa shape index (κ2) is 4.53. The van der Waals surface area contributed by atoms with Crippen molar-refractivity contribution in [3.05, 3.63) is 54.0 Å². The van der Waals surface area contributed by atoms with Gasteiger partial charge in [-0.3, -0.25) is 4.79 Å². The summed E-state index contributed by atoms with van der Waals surface area (Å²) < 4.78 is 0. The van der Waals surface area contributed by atoms with Crippen LogP contribution in [0.2, 0.25) is 0 Å². The monoisotopic (exact) mass is 252 g/mol. The van der Waals surface area contributed by atoms with Gasteiger partial charge in [-0.25, -0.2) is 9.97 Å². The lowest BCUT2D eigenvalue weighted by atomic mass is 10.2. The Bertz CT molecular complexity index is 748. The van der Waals surface area contributed by atoms with E-state index >= 15 is 0 Å². The van der Waals surface area contributed by atoms with Gasteiger partial charge in [-0.1, -0.05) is 0 Å². The molecular formula is C14H12N4O. The van der Waals surface area contributed by atoms with E-state index in [1.54, 1.807) is 24.7 Å². The fourth-order valence-corrected chi connectivity index (χ4v) is 1.93. The fraction of sp³-hybridized carbons (Fsp3) is 0.0714. The van der Waals surface area contributed by atoms with Crippen LogP contribution in [0.15, 0.2) is 42.9 Å². The van der Waals surface area contributed by atoms with Gasteiger partial charge < -0.3 is 10.3 Å². The molecule has 0 unspecified atom stereocenters. The number of carbonyl (C=O) groups excluding carboxylic acids is 1. The van der Waals surface area contributed by atoms with Crippen LogP contribution in [0.5, 0.6) is 0 Å². The number of H-pyrrole nitrogens is 1. The van der Waals surface area contributed by atoms with Crippen molar-refractivity contribution >= 4 is 22.8 Å². The number of aromatic amines is 1. The van der Waals surface area contributed by atoms with E-state index < -0.39 is 0 Å². The van der Waals surface area contributed by atoms with Gasteiger partial charge in [0.1, 0.15) is 11.5 Å². The third-order valence-corrected chi connectivity index (χ3v) is 2.85. The van der Waals surface area contributed by atoms with Crippen molar-refractivity contribution in [2.45, 2.75) is 6.92 Å². The lowest BCUT2D eigenvalue weighted by molar-refractivity contribution is 0.102. The van der Waals surface area contributed by atoms with Gasteiger partial charge in [-0.2, -0.15) is 0 Å². The van der Waals surface area contributed by atoms with Gasteiger partial charge in [0.25, 0.3) is 5.91 Å². The fourth-order valence-electron chi connectivity index (χ4n) is 1.93. The van der Waals surface area contributed by atoms with Crippen LogP contribution in [-0.4, -0.2) is 20.9 Å². The Kier molecular flexibility index (Phi) is 2.72. The third kappa shape index (κ3) is 2.18. The second-order valence-corrected chi connectivity index (χ2v) is 4.27. The van der Waals surface area contributed by atoms with E-state index in [4.69, 9.17) is 0 Å². The van der Waals surface area contributed by atoms with Crippen LogP contribution in [0.4, 0.5) is 5.82 Å². The van der Waals surface area contributed by atoms with Crippen molar-refractivity contribution in [3.8, 4) is 0 Å². The average molecular weight is 252 g/mol. The van der Waals surface area contributed by atoms with Gasteiger partial charge in [0.2, 0.25) is 0 Å². The number of pyridine rings is 2. The van der Waals surface area contributed by atoms with E-state index in [9.17, 15) is 4.79 Å². The zero-order valence-electron chi connectivity index (χ0n) is 10.3. The van der Waals surface area contributed by atoms with Crippen LogP contribution < -0.4 is 5.32 Å². The Labute approximate surface area is 109 Å². The number of nitrogens with zero attached hydrogens (tertiary/aromatic N) is 2. The minimum absolute atomic E-state index is 0.197. The van der Waals surface area contributed by atoms with Crippen molar-refractivity contribution < 1.29 is 4.79 Å². The molecule has 1 amide bonds. The largest absolute Gasteiger partial charge is 0.345 e. The molecule has 0 saturated heterocycles. The van der Waals surface area contributed by atoms with Gasteiger partial charge >= 0.3 is 0 Å². The van der Waals surface area contributed by atoms with Gasteiger partial charge in [-0.05, 0) is 36.8 Å². The highest BCUT2D eigenvalue weighted by molar-refractivity contribution is 6.11. The third-order valence-electron chi connectivity index (χ3n) is 2.85. The molecule has 3 aromatic heterocycles. The van der Waals surface area contributed by atoms with Crippen molar-refractivity contribution in [2.75, 3.05) is 5.32 Å². The predicted octanol–water partition coefficient (Wildman–Crippen LogP) is 2.52. The Morgan fingerprint density at radius 2 is 2.16 bits per heavy atom. The highest BCUT2D eigenvalue weighted by Crippen LogP contribution is 2.17. The van der Waals surface area contributed by atoms with E-state index in [0.717, 1.165) is 10.9 Å². The van der Waals surface area contributed by atoms with E-state index in [1.165, 1.54) is 0 Å². The van der Waals surface area contributed by atoms with Crippen molar-refractivity contribution in [1.82, 2.24) is 15.0 Å². The standard InChI is InChI=1S/C14H12N4O/c1-9-4-6-15-12(7-9)18-14(19)11-8-17-13-10(11)3-2-5-16-13/h2-8H,1H3,(H,16,17)(H,15,18,19). The molecule has 19 heavy (non-hydrogen) atoms. The summed E-state index contributed by atoms with van der Waals surface area (Å²) in [6.07, 6.45) is 5.01. The maximum absolute atomic E-state index is 12.2. The first kappa shape index (κ1) is 11.4. The summed E-state index contributed by atoms with van der Waals surface area (Å²) in [5.74, 6) is 0.348. The number of anilines is 1. The molecule has 0 aromatic carbocycles. The van der Waals surface area contributed by atoms with Crippen LogP contribution in [0.3, 0.4) is 0 Å². The summed E-state index contributed by atoms with van der Waals surface area (Å²) in [6, 6.07) is 7.37. The number of rotatable bonds is 2. The SMILES string of the molecule is Cc1ccnc(NC(=O)c2c[nH]c3ncccc23)c1. The molecule has 94 valence electrons. The number of hydrogen-bond acceptors (Lipinski definition) is 3. The highest BCUT2D eigenvalue weighted by atomic mass is 16.1. The van der Waals surface area contributed by atoms with Crippen LogP contribution in [-0.2, 0) is 0 Å². The predicted molar refractivity (Wildman–Crippen MR) is 73.0 cm³/mol. The van der Waals surface area contributed by atoms with Crippen LogP contribution in [0.1, 0.15) is 15.9 Å². The number of nitrogens with one attached hydrogen (secondary N) is 2. The van der Waals surface area contributed by atoms with Crippen LogP contribution >= 0.6 is 0 Å². The lowest BCUT2D eigenvalue weighted by Gasteiger charge is -2.03. The normalized spacial score (nSPS) is 10.6. The van der Waals surface area contributed by atoms with Gasteiger partial charge in [0.15, 0.2) is 0 Å². The maximum Gasteiger partial charge on any atom is 0.259 e. The van der Waals surface area contributed by atoms with E-state index in [0.29, 0.717) is 17.0 Å². The summed E-state index contributed by atoms with van der Waals surface area (Å²) in [7, 11) is 0. The molecule has 0 fully saturated rings. The molecule has 0 atom stereocenters. The number of fused-ring (bicyclic) bond motifs is 1. The van der Waals surface area contributed by atoms with Gasteiger partial charge in [0, 0.05) is 24.0 Å². The summed E-state index contributed by atoms with van der Waals surface area (Å²) >= 11 is 0. The molecule has 2 N–H and O–H groups in total. The lowest BCUT2D eigenvalue weighted by Crippen LogP contribution is -2.12. The Morgan fingerprint density at radius 3 is 3.00 bits per heavy atom. The van der Waals surface area contributed by atoms with Crippen LogP contribution in [0, 0.1) is 6.92 Å². The quantitative estimate of drug-likeness (QED) is 0.736. The highest BCUT2D eigenvalue weighted by Gasteiger charge is 2.12. The Hall–Kier alpha value is -2.69. The molecule has 5 nitrogen and oxygen atoms in total. The zero-order valence-corrected chi connectivity index (χ0v) is 10.3. The Morgan fingerprint density at radius 1 is 1.26 bits per heavy atom. The molecule has 0 spiro atoms. The van der Waals surface area contributed by atoms with Gasteiger partial charge in [-0.15, -0.1) is 0 Å². The van der Waals surface area contributed by atoms with Gasteiger partial charge in [0.05, 0.1) is 5.56 Å². The Balaban J connectivity index is 1.92. The number of aromatic nitrogens is 3. The summed E-state index contributed by atoms with van der Waals surface area (Å²) in [5.41, 5.74) is 2.31. The first-order chi connectivity index (χ1) is 9.24. The van der Waals surface area contributed by atoms with Crippen molar-refractivity contribution in [3.63, 3.8) is 0 Å². The molecule has 0 bridgehead atoms. The molecule has 0 radical (unpaired) electrons. The number of carbonyl (C=O) groups is 1. The smallest absolute Gasteiger partial charge is 0.259 e.